The Hall–Kier alpha value is -4.23. The van der Waals surface area contributed by atoms with Crippen LogP contribution in [-0.4, -0.2) is 65.2 Å². The van der Waals surface area contributed by atoms with Crippen molar-refractivity contribution in [1.29, 1.82) is 0 Å². The van der Waals surface area contributed by atoms with Crippen LogP contribution < -0.4 is 21.3 Å². The fourth-order valence-corrected chi connectivity index (χ4v) is 7.65. The van der Waals surface area contributed by atoms with Gasteiger partial charge in [-0.1, -0.05) is 72.6 Å². The SMILES string of the molecule is CCC(CC)COC(=O)[C@H](CC(C)C)C[P@](=O)(OC[C@@]1(COC(=O)[C@@H](NC(=O)OC(C)(C)C)C(C)C)C/C1=C/n1cc(F)c(N)nc1=O)Oc1ccccc1. The van der Waals surface area contributed by atoms with E-state index in [1.165, 1.54) is 6.20 Å². The largest absolute Gasteiger partial charge is 0.465 e. The molecular weight excluding hydrogens is 734 g/mol. The number of esters is 2. The van der Waals surface area contributed by atoms with E-state index in [1.54, 1.807) is 65.0 Å². The number of hydrogen-bond donors (Lipinski definition) is 2. The monoisotopic (exact) mass is 792 g/mol. The normalized spacial score (nSPS) is 18.5. The molecule has 1 aromatic carbocycles. The molecule has 1 aliphatic carbocycles. The summed E-state index contributed by atoms with van der Waals surface area (Å²) in [6, 6.07) is 7.29. The summed E-state index contributed by atoms with van der Waals surface area (Å²) in [6.45, 7) is 16.0. The Morgan fingerprint density at radius 1 is 1.05 bits per heavy atom. The number of anilines is 1. The number of hydrogen-bond acceptors (Lipinski definition) is 12. The number of benzene rings is 1. The number of halogens is 1. The Balaban J connectivity index is 1.97. The van der Waals surface area contributed by atoms with E-state index in [-0.39, 0.29) is 50.0 Å². The van der Waals surface area contributed by atoms with Crippen molar-refractivity contribution in [1.82, 2.24) is 14.9 Å². The van der Waals surface area contributed by atoms with Crippen molar-refractivity contribution < 1.29 is 46.6 Å². The number of nitrogens with one attached hydrogen (secondary N) is 1. The highest BCUT2D eigenvalue weighted by Crippen LogP contribution is 2.58. The summed E-state index contributed by atoms with van der Waals surface area (Å²) >= 11 is 0. The molecule has 0 aliphatic heterocycles. The minimum atomic E-state index is -4.18. The van der Waals surface area contributed by atoms with Crippen LogP contribution in [0.3, 0.4) is 0 Å². The highest BCUT2D eigenvalue weighted by atomic mass is 31.2. The van der Waals surface area contributed by atoms with Gasteiger partial charge in [0.25, 0.3) is 0 Å². The maximum absolute atomic E-state index is 14.8. The van der Waals surface area contributed by atoms with Crippen molar-refractivity contribution in [2.24, 2.45) is 29.1 Å². The molecule has 1 amide bonds. The van der Waals surface area contributed by atoms with Gasteiger partial charge in [0.05, 0.1) is 36.9 Å². The number of alkyl carbamates (subject to hydrolysis) is 1. The number of carbonyl (C=O) groups is 3. The Bertz CT molecular complexity index is 1760. The lowest BCUT2D eigenvalue weighted by atomic mass is 9.99. The molecule has 1 heterocycles. The summed E-state index contributed by atoms with van der Waals surface area (Å²) in [4.78, 5) is 55.7. The Kier molecular flexibility index (Phi) is 16.1. The summed E-state index contributed by atoms with van der Waals surface area (Å²) in [7, 11) is -4.18. The van der Waals surface area contributed by atoms with Crippen LogP contribution in [0.25, 0.3) is 6.20 Å². The first-order valence-electron chi connectivity index (χ1n) is 18.8. The number of nitrogens with zero attached hydrogens (tertiary/aromatic N) is 2. The van der Waals surface area contributed by atoms with Gasteiger partial charge in [-0.05, 0) is 69.1 Å². The van der Waals surface area contributed by atoms with Gasteiger partial charge in [0.15, 0.2) is 11.6 Å². The van der Waals surface area contributed by atoms with Crippen LogP contribution in [0.5, 0.6) is 5.75 Å². The molecule has 0 saturated heterocycles. The van der Waals surface area contributed by atoms with Crippen LogP contribution in [0, 0.1) is 34.9 Å². The van der Waals surface area contributed by atoms with Crippen molar-refractivity contribution in [3.63, 3.8) is 0 Å². The predicted octanol–water partition coefficient (Wildman–Crippen LogP) is 7.22. The topological polar surface area (TPSA) is 187 Å². The van der Waals surface area contributed by atoms with Gasteiger partial charge in [-0.25, -0.2) is 23.3 Å². The number of rotatable bonds is 20. The number of amides is 1. The lowest BCUT2D eigenvalue weighted by molar-refractivity contribution is -0.150. The number of ether oxygens (including phenoxy) is 3. The number of aromatic nitrogens is 2. The van der Waals surface area contributed by atoms with Crippen LogP contribution in [0.15, 0.2) is 46.9 Å². The molecule has 0 spiro atoms. The average molecular weight is 793 g/mol. The zero-order valence-corrected chi connectivity index (χ0v) is 34.4. The molecule has 14 nitrogen and oxygen atoms in total. The zero-order chi connectivity index (χ0) is 41.1. The van der Waals surface area contributed by atoms with E-state index in [1.807, 2.05) is 27.7 Å². The first-order chi connectivity index (χ1) is 25.7. The standard InChI is InChI=1S/C39H58FN4O10P/c1-10-27(11-2)21-50-34(45)28(17-25(3)4)22-55(49,54-30-15-13-12-14-16-30)52-24-39(18-29(39)19-44-20-31(40)33(41)43-36(44)47)23-51-35(46)32(26(5)6)42-37(48)53-38(7,8)9/h12-16,19-20,25-28,32H,10-11,17-18,21-24H2,1-9H3,(H,42,48)(H2,41,43,47)/b29-19-/t28-,32+,39+,55+/m1/s1. The van der Waals surface area contributed by atoms with Gasteiger partial charge in [-0.2, -0.15) is 4.98 Å². The summed E-state index contributed by atoms with van der Waals surface area (Å²) in [5.41, 5.74) is 3.12. The van der Waals surface area contributed by atoms with E-state index in [2.05, 4.69) is 10.3 Å². The van der Waals surface area contributed by atoms with Gasteiger partial charge in [0.1, 0.15) is 24.0 Å². The number of nitrogen functional groups attached to an aromatic ring is 1. The maximum Gasteiger partial charge on any atom is 0.408 e. The van der Waals surface area contributed by atoms with Crippen molar-refractivity contribution >= 4 is 37.6 Å². The van der Waals surface area contributed by atoms with E-state index in [4.69, 9.17) is 29.0 Å². The first-order valence-corrected chi connectivity index (χ1v) is 20.5. The van der Waals surface area contributed by atoms with Crippen molar-refractivity contribution in [3.8, 4) is 5.75 Å². The summed E-state index contributed by atoms with van der Waals surface area (Å²) in [5.74, 6) is -3.54. The Morgan fingerprint density at radius 3 is 2.29 bits per heavy atom. The third kappa shape index (κ3) is 14.1. The van der Waals surface area contributed by atoms with Crippen molar-refractivity contribution in [3.05, 3.63) is 58.4 Å². The number of nitrogens with two attached hydrogens (primary N) is 1. The molecule has 306 valence electrons. The van der Waals surface area contributed by atoms with Crippen LogP contribution in [0.2, 0.25) is 0 Å². The lowest BCUT2D eigenvalue weighted by Gasteiger charge is -2.27. The number of carbonyl (C=O) groups excluding carboxylic acids is 3. The average Bonchev–Trinajstić information content (AvgIpc) is 3.79. The smallest absolute Gasteiger partial charge is 0.408 e. The third-order valence-electron chi connectivity index (χ3n) is 9.07. The van der Waals surface area contributed by atoms with Crippen LogP contribution in [0.1, 0.15) is 88.0 Å². The molecule has 0 unspecified atom stereocenters. The second-order valence-corrected chi connectivity index (χ2v) is 17.9. The van der Waals surface area contributed by atoms with Gasteiger partial charge in [0.2, 0.25) is 0 Å². The summed E-state index contributed by atoms with van der Waals surface area (Å²) < 4.78 is 59.1. The molecule has 0 radical (unpaired) electrons. The molecule has 1 aliphatic rings. The highest BCUT2D eigenvalue weighted by molar-refractivity contribution is 7.54. The Labute approximate surface area is 323 Å². The van der Waals surface area contributed by atoms with Crippen LogP contribution in [-0.2, 0) is 32.9 Å². The summed E-state index contributed by atoms with van der Waals surface area (Å²) in [6.07, 6.45) is 3.27. The Morgan fingerprint density at radius 2 is 1.71 bits per heavy atom. The van der Waals surface area contributed by atoms with E-state index in [0.717, 1.165) is 23.6 Å². The second kappa shape index (κ2) is 19.6. The van der Waals surface area contributed by atoms with Gasteiger partial charge in [0, 0.05) is 6.20 Å². The summed E-state index contributed by atoms with van der Waals surface area (Å²) in [5, 5.41) is 2.56. The minimum Gasteiger partial charge on any atom is -0.465 e. The van der Waals surface area contributed by atoms with Crippen LogP contribution in [0.4, 0.5) is 15.0 Å². The van der Waals surface area contributed by atoms with Gasteiger partial charge in [-0.3, -0.25) is 13.9 Å². The molecule has 4 atom stereocenters. The second-order valence-electron chi connectivity index (χ2n) is 15.9. The first kappa shape index (κ1) is 45.2. The molecule has 1 saturated carbocycles. The molecule has 3 rings (SSSR count). The zero-order valence-electron chi connectivity index (χ0n) is 33.5. The van der Waals surface area contributed by atoms with Gasteiger partial charge in [-0.15, -0.1) is 0 Å². The molecule has 55 heavy (non-hydrogen) atoms. The molecule has 3 N–H and O–H groups in total. The highest BCUT2D eigenvalue weighted by Gasteiger charge is 2.53. The van der Waals surface area contributed by atoms with Gasteiger partial charge >= 0.3 is 31.3 Å². The fraction of sp³-hybridized carbons (Fsp3) is 0.615. The van der Waals surface area contributed by atoms with Crippen molar-refractivity contribution in [2.75, 3.05) is 31.7 Å². The molecule has 16 heteroatoms. The van der Waals surface area contributed by atoms with Gasteiger partial charge < -0.3 is 29.8 Å². The molecule has 1 aromatic heterocycles. The minimum absolute atomic E-state index is 0.0370. The predicted molar refractivity (Wildman–Crippen MR) is 207 cm³/mol. The van der Waals surface area contributed by atoms with E-state index < -0.39 is 71.8 Å². The fourth-order valence-electron chi connectivity index (χ4n) is 5.69. The van der Waals surface area contributed by atoms with Crippen LogP contribution >= 0.6 is 7.60 Å². The number of para-hydroxylation sites is 1. The lowest BCUT2D eigenvalue weighted by Crippen LogP contribution is -2.47. The van der Waals surface area contributed by atoms with E-state index >= 15 is 0 Å². The maximum atomic E-state index is 14.8. The third-order valence-corrected chi connectivity index (χ3v) is 11.0. The van der Waals surface area contributed by atoms with E-state index in [0.29, 0.717) is 12.0 Å². The molecule has 0 bridgehead atoms. The van der Waals surface area contributed by atoms with E-state index in [9.17, 15) is 28.1 Å². The molecular formula is C39H58FN4O10P. The van der Waals surface area contributed by atoms with Crippen molar-refractivity contribution in [2.45, 2.75) is 99.6 Å². The molecule has 1 fully saturated rings. The quantitative estimate of drug-likeness (QED) is 0.0780. The molecule has 2 aromatic rings.